The second-order valence-electron chi connectivity index (χ2n) is 9.85. The number of amides is 1. The van der Waals surface area contributed by atoms with Crippen LogP contribution in [0.1, 0.15) is 29.2 Å². The molecule has 6 rings (SSSR count). The van der Waals surface area contributed by atoms with Crippen molar-refractivity contribution in [2.45, 2.75) is 25.6 Å². The van der Waals surface area contributed by atoms with Crippen LogP contribution < -0.4 is 14.2 Å². The second kappa shape index (κ2) is 11.6. The number of ketones is 1. The molecule has 41 heavy (non-hydrogen) atoms. The van der Waals surface area contributed by atoms with E-state index in [9.17, 15) is 14.7 Å². The summed E-state index contributed by atoms with van der Waals surface area (Å²) in [5.74, 6) is 0.0635. The van der Waals surface area contributed by atoms with Gasteiger partial charge in [-0.3, -0.25) is 9.59 Å². The van der Waals surface area contributed by atoms with E-state index >= 15 is 0 Å². The molecule has 1 saturated heterocycles. The van der Waals surface area contributed by atoms with E-state index < -0.39 is 17.7 Å². The number of likely N-dealkylation sites (tertiary alicyclic amines) is 1. The van der Waals surface area contributed by atoms with Crippen molar-refractivity contribution in [1.29, 1.82) is 0 Å². The fraction of sp³-hybridized carbons (Fsp3) is 0.219. The van der Waals surface area contributed by atoms with Gasteiger partial charge in [0.25, 0.3) is 11.7 Å². The van der Waals surface area contributed by atoms with Crippen LogP contribution in [0.4, 0.5) is 0 Å². The highest BCUT2D eigenvalue weighted by atomic mass is 16.6. The summed E-state index contributed by atoms with van der Waals surface area (Å²) in [5.41, 5.74) is 2.14. The lowest BCUT2D eigenvalue weighted by Crippen LogP contribution is -2.31. The Kier molecular flexibility index (Phi) is 7.40. The minimum atomic E-state index is -0.769. The predicted molar refractivity (Wildman–Crippen MR) is 151 cm³/mol. The summed E-state index contributed by atoms with van der Waals surface area (Å²) in [4.78, 5) is 32.3. The molecule has 0 bridgehead atoms. The molecule has 1 aromatic heterocycles. The summed E-state index contributed by atoms with van der Waals surface area (Å²) in [6.07, 6.45) is 5.85. The van der Waals surface area contributed by atoms with E-state index in [0.29, 0.717) is 67.7 Å². The SMILES string of the molecule is O=C1C(=O)N(CCCn2ccnc2)[C@H](c2ccc(OCc3ccccc3)cc2)C1=C(O)c1ccc2c(c1)OCCO2. The first-order valence-corrected chi connectivity index (χ1v) is 13.5. The Bertz CT molecular complexity index is 1560. The zero-order valence-electron chi connectivity index (χ0n) is 22.3. The summed E-state index contributed by atoms with van der Waals surface area (Å²) >= 11 is 0. The maximum Gasteiger partial charge on any atom is 0.295 e. The quantitative estimate of drug-likeness (QED) is 0.182. The first-order valence-electron chi connectivity index (χ1n) is 13.5. The zero-order chi connectivity index (χ0) is 28.2. The molecule has 1 amide bonds. The van der Waals surface area contributed by atoms with Crippen molar-refractivity contribution in [3.05, 3.63) is 114 Å². The van der Waals surface area contributed by atoms with Crippen molar-refractivity contribution in [2.24, 2.45) is 0 Å². The van der Waals surface area contributed by atoms with E-state index in [1.807, 2.05) is 65.4 Å². The van der Waals surface area contributed by atoms with Crippen LogP contribution in [0.5, 0.6) is 17.2 Å². The van der Waals surface area contributed by atoms with Gasteiger partial charge in [0.1, 0.15) is 31.3 Å². The number of nitrogens with zero attached hydrogens (tertiary/aromatic N) is 3. The Morgan fingerprint density at radius 3 is 2.49 bits per heavy atom. The van der Waals surface area contributed by atoms with Gasteiger partial charge in [-0.2, -0.15) is 0 Å². The Morgan fingerprint density at radius 2 is 1.73 bits per heavy atom. The predicted octanol–water partition coefficient (Wildman–Crippen LogP) is 4.75. The third-order valence-corrected chi connectivity index (χ3v) is 7.17. The van der Waals surface area contributed by atoms with Crippen molar-refractivity contribution >= 4 is 17.4 Å². The summed E-state index contributed by atoms with van der Waals surface area (Å²) < 4.78 is 19.1. The largest absolute Gasteiger partial charge is 0.507 e. The number of aromatic nitrogens is 2. The number of benzene rings is 3. The van der Waals surface area contributed by atoms with Crippen molar-refractivity contribution in [3.8, 4) is 17.2 Å². The molecule has 0 spiro atoms. The number of imidazole rings is 1. The van der Waals surface area contributed by atoms with E-state index in [1.165, 1.54) is 4.90 Å². The van der Waals surface area contributed by atoms with E-state index in [2.05, 4.69) is 4.98 Å². The van der Waals surface area contributed by atoms with Crippen molar-refractivity contribution < 1.29 is 28.9 Å². The zero-order valence-corrected chi connectivity index (χ0v) is 22.3. The van der Waals surface area contributed by atoms with E-state index in [1.54, 1.807) is 30.7 Å². The molecular formula is C32H29N3O6. The molecule has 0 saturated carbocycles. The lowest BCUT2D eigenvalue weighted by atomic mass is 9.95. The van der Waals surface area contributed by atoms with Crippen LogP contribution in [-0.2, 0) is 22.7 Å². The molecule has 1 fully saturated rings. The minimum absolute atomic E-state index is 0.0345. The lowest BCUT2D eigenvalue weighted by Gasteiger charge is -2.26. The molecule has 4 aromatic rings. The maximum atomic E-state index is 13.4. The van der Waals surface area contributed by atoms with Gasteiger partial charge in [0, 0.05) is 31.0 Å². The molecule has 3 heterocycles. The second-order valence-corrected chi connectivity index (χ2v) is 9.85. The molecule has 208 valence electrons. The van der Waals surface area contributed by atoms with Crippen LogP contribution in [0, 0.1) is 0 Å². The highest BCUT2D eigenvalue weighted by molar-refractivity contribution is 6.46. The summed E-state index contributed by atoms with van der Waals surface area (Å²) in [5, 5.41) is 11.4. The van der Waals surface area contributed by atoms with Gasteiger partial charge < -0.3 is 28.8 Å². The van der Waals surface area contributed by atoms with Crippen molar-refractivity contribution in [1.82, 2.24) is 14.5 Å². The van der Waals surface area contributed by atoms with Gasteiger partial charge in [0.05, 0.1) is 17.9 Å². The average molecular weight is 552 g/mol. The highest BCUT2D eigenvalue weighted by Crippen LogP contribution is 2.41. The number of Topliss-reactive ketones (excluding diaryl/α,β-unsaturated/α-hetero) is 1. The number of ether oxygens (including phenoxy) is 3. The molecular weight excluding hydrogens is 522 g/mol. The molecule has 1 atom stereocenters. The topological polar surface area (TPSA) is 103 Å². The number of carbonyl (C=O) groups is 2. The van der Waals surface area contributed by atoms with Crippen LogP contribution in [-0.4, -0.2) is 51.0 Å². The van der Waals surface area contributed by atoms with E-state index in [-0.39, 0.29) is 11.3 Å². The van der Waals surface area contributed by atoms with E-state index in [4.69, 9.17) is 14.2 Å². The highest BCUT2D eigenvalue weighted by Gasteiger charge is 2.45. The number of aliphatic hydroxyl groups excluding tert-OH is 1. The molecule has 9 nitrogen and oxygen atoms in total. The Balaban J connectivity index is 1.31. The van der Waals surface area contributed by atoms with Gasteiger partial charge in [-0.15, -0.1) is 0 Å². The molecule has 1 N–H and O–H groups in total. The number of aryl methyl sites for hydroxylation is 1. The summed E-state index contributed by atoms with van der Waals surface area (Å²) in [6.45, 7) is 2.18. The molecule has 9 heteroatoms. The molecule has 3 aromatic carbocycles. The number of hydrogen-bond donors (Lipinski definition) is 1. The number of fused-ring (bicyclic) bond motifs is 1. The number of rotatable bonds is 9. The third kappa shape index (κ3) is 5.51. The van der Waals surface area contributed by atoms with Gasteiger partial charge in [-0.25, -0.2) is 4.98 Å². The van der Waals surface area contributed by atoms with Gasteiger partial charge in [-0.1, -0.05) is 42.5 Å². The third-order valence-electron chi connectivity index (χ3n) is 7.17. The van der Waals surface area contributed by atoms with Gasteiger partial charge in [-0.05, 0) is 47.9 Å². The number of aliphatic hydroxyl groups is 1. The first kappa shape index (κ1) is 26.2. The fourth-order valence-corrected chi connectivity index (χ4v) is 5.13. The first-order chi connectivity index (χ1) is 20.1. The van der Waals surface area contributed by atoms with Crippen LogP contribution in [0.2, 0.25) is 0 Å². The Hall–Kier alpha value is -5.05. The normalized spacial score (nSPS) is 17.6. The molecule has 0 unspecified atom stereocenters. The average Bonchev–Trinajstić information content (AvgIpc) is 3.63. The number of hydrogen-bond acceptors (Lipinski definition) is 7. The van der Waals surface area contributed by atoms with Crippen LogP contribution in [0.3, 0.4) is 0 Å². The Labute approximate surface area is 237 Å². The molecule has 0 radical (unpaired) electrons. The van der Waals surface area contributed by atoms with Gasteiger partial charge in [0.2, 0.25) is 0 Å². The fourth-order valence-electron chi connectivity index (χ4n) is 5.13. The van der Waals surface area contributed by atoms with Crippen LogP contribution >= 0.6 is 0 Å². The summed E-state index contributed by atoms with van der Waals surface area (Å²) in [6, 6.07) is 21.4. The molecule has 2 aliphatic heterocycles. The monoisotopic (exact) mass is 551 g/mol. The van der Waals surface area contributed by atoms with Gasteiger partial charge in [0.15, 0.2) is 11.5 Å². The standard InChI is InChI=1S/C32H29N3O6/c36-30(24-9-12-26-27(19-24)40-18-17-39-26)28-29(35(32(38)31(28)37)15-4-14-34-16-13-33-21-34)23-7-10-25(11-8-23)41-20-22-5-2-1-3-6-22/h1-3,5-13,16,19,21,29,36H,4,14-15,17-18,20H2/t29-/m1/s1. The summed E-state index contributed by atoms with van der Waals surface area (Å²) in [7, 11) is 0. The maximum absolute atomic E-state index is 13.4. The lowest BCUT2D eigenvalue weighted by molar-refractivity contribution is -0.139. The minimum Gasteiger partial charge on any atom is -0.507 e. The molecule has 2 aliphatic rings. The smallest absolute Gasteiger partial charge is 0.295 e. The van der Waals surface area contributed by atoms with Gasteiger partial charge >= 0.3 is 0 Å². The van der Waals surface area contributed by atoms with Crippen molar-refractivity contribution in [3.63, 3.8) is 0 Å². The van der Waals surface area contributed by atoms with Crippen LogP contribution in [0.15, 0.2) is 97.1 Å². The number of carbonyl (C=O) groups excluding carboxylic acids is 2. The van der Waals surface area contributed by atoms with Crippen LogP contribution in [0.25, 0.3) is 5.76 Å². The molecule has 0 aliphatic carbocycles. The Morgan fingerprint density at radius 1 is 0.951 bits per heavy atom. The van der Waals surface area contributed by atoms with E-state index in [0.717, 1.165) is 5.56 Å². The van der Waals surface area contributed by atoms with Crippen molar-refractivity contribution in [2.75, 3.05) is 19.8 Å².